The summed E-state index contributed by atoms with van der Waals surface area (Å²) >= 11 is 1.65. The van der Waals surface area contributed by atoms with Gasteiger partial charge in [-0.2, -0.15) is 5.10 Å². The molecule has 0 aliphatic heterocycles. The Morgan fingerprint density at radius 1 is 1.12 bits per heavy atom. The average molecular weight is 346 g/mol. The van der Waals surface area contributed by atoms with Crippen LogP contribution in [-0.4, -0.2) is 19.7 Å². The van der Waals surface area contributed by atoms with Gasteiger partial charge in [0.15, 0.2) is 7.05 Å². The molecule has 5 aromatic rings. The molecule has 0 aliphatic rings. The van der Waals surface area contributed by atoms with Crippen LogP contribution in [0.5, 0.6) is 0 Å². The molecular weight excluding hydrogens is 330 g/mol. The standard InChI is InChI=1S/C19H16N5S/c1-11-12(2)15(8-13-6-4-5-7-14(11)13)17-18-16(9-21-23(17)3)24-19(25-18)20-10-22-24/h4-10H,1-3H3/q+1. The molecule has 0 unspecified atom stereocenters. The quantitative estimate of drug-likeness (QED) is 0.436. The third-order valence-electron chi connectivity index (χ3n) is 4.95. The van der Waals surface area contributed by atoms with Crippen molar-refractivity contribution in [2.75, 3.05) is 0 Å². The molecule has 0 aliphatic carbocycles. The van der Waals surface area contributed by atoms with Gasteiger partial charge in [-0.1, -0.05) is 40.3 Å². The highest BCUT2D eigenvalue weighted by Crippen LogP contribution is 2.36. The first-order chi connectivity index (χ1) is 12.1. The minimum atomic E-state index is 0.888. The molecule has 3 heterocycles. The van der Waals surface area contributed by atoms with Gasteiger partial charge in [-0.15, -0.1) is 0 Å². The Bertz CT molecular complexity index is 1280. The van der Waals surface area contributed by atoms with E-state index in [0.717, 1.165) is 20.9 Å². The minimum Gasteiger partial charge on any atom is -0.206 e. The van der Waals surface area contributed by atoms with Crippen LogP contribution < -0.4 is 4.68 Å². The number of rotatable bonds is 1. The number of hydrogen-bond acceptors (Lipinski definition) is 4. The van der Waals surface area contributed by atoms with Crippen LogP contribution in [0.4, 0.5) is 0 Å². The molecular formula is C19H16N5S+. The molecule has 0 spiro atoms. The lowest BCUT2D eigenvalue weighted by Gasteiger charge is -2.11. The Hall–Kier alpha value is -2.86. The maximum absolute atomic E-state index is 4.57. The molecule has 0 N–H and O–H groups in total. The summed E-state index contributed by atoms with van der Waals surface area (Å²) in [6.45, 7) is 4.38. The van der Waals surface area contributed by atoms with Crippen molar-refractivity contribution in [3.63, 3.8) is 0 Å². The van der Waals surface area contributed by atoms with E-state index in [2.05, 4.69) is 59.4 Å². The van der Waals surface area contributed by atoms with E-state index in [4.69, 9.17) is 0 Å². The predicted octanol–water partition coefficient (Wildman–Crippen LogP) is 3.60. The van der Waals surface area contributed by atoms with Crippen LogP contribution in [0.3, 0.4) is 0 Å². The third kappa shape index (κ3) is 1.94. The van der Waals surface area contributed by atoms with Crippen LogP contribution in [0.25, 0.3) is 37.2 Å². The first-order valence-corrected chi connectivity index (χ1v) is 8.93. The molecule has 3 aromatic heterocycles. The SMILES string of the molecule is Cc1c(-c2c3sc4ncnn4c3cn[n+]2C)cc2ccccc2c1C. The lowest BCUT2D eigenvalue weighted by atomic mass is 9.94. The van der Waals surface area contributed by atoms with Crippen molar-refractivity contribution in [3.05, 3.63) is 54.0 Å². The Balaban J connectivity index is 1.94. The average Bonchev–Trinajstić information content (AvgIpc) is 3.19. The minimum absolute atomic E-state index is 0.888. The summed E-state index contributed by atoms with van der Waals surface area (Å²) in [7, 11) is 1.99. The Morgan fingerprint density at radius 3 is 2.84 bits per heavy atom. The van der Waals surface area contributed by atoms with Crippen LogP contribution in [-0.2, 0) is 7.05 Å². The van der Waals surface area contributed by atoms with Crippen LogP contribution in [0.15, 0.2) is 42.9 Å². The van der Waals surface area contributed by atoms with Crippen LogP contribution in [0, 0.1) is 13.8 Å². The molecule has 5 rings (SSSR count). The fourth-order valence-corrected chi connectivity index (χ4v) is 4.61. The molecule has 0 bridgehead atoms. The zero-order valence-corrected chi connectivity index (χ0v) is 15.0. The van der Waals surface area contributed by atoms with E-state index >= 15 is 0 Å². The van der Waals surface area contributed by atoms with Crippen LogP contribution >= 0.6 is 11.3 Å². The van der Waals surface area contributed by atoms with Gasteiger partial charge in [0.2, 0.25) is 4.96 Å². The highest BCUT2D eigenvalue weighted by molar-refractivity contribution is 7.24. The summed E-state index contributed by atoms with van der Waals surface area (Å²) in [5.74, 6) is 0. The van der Waals surface area contributed by atoms with Crippen molar-refractivity contribution in [1.29, 1.82) is 0 Å². The number of thiazole rings is 1. The van der Waals surface area contributed by atoms with Gasteiger partial charge < -0.3 is 0 Å². The second kappa shape index (κ2) is 5.07. The molecule has 0 atom stereocenters. The summed E-state index contributed by atoms with van der Waals surface area (Å²) in [6.07, 6.45) is 3.45. The van der Waals surface area contributed by atoms with E-state index < -0.39 is 0 Å². The summed E-state index contributed by atoms with van der Waals surface area (Å²) in [5.41, 5.74) is 5.91. The van der Waals surface area contributed by atoms with Crippen LogP contribution in [0.2, 0.25) is 0 Å². The predicted molar refractivity (Wildman–Crippen MR) is 99.8 cm³/mol. The maximum atomic E-state index is 4.57. The van der Waals surface area contributed by atoms with Crippen molar-refractivity contribution in [2.24, 2.45) is 7.05 Å². The number of fused-ring (bicyclic) bond motifs is 4. The second-order valence-corrected chi connectivity index (χ2v) is 7.26. The van der Waals surface area contributed by atoms with Crippen molar-refractivity contribution >= 4 is 37.3 Å². The molecule has 6 heteroatoms. The van der Waals surface area contributed by atoms with Crippen molar-refractivity contribution in [2.45, 2.75) is 13.8 Å². The maximum Gasteiger partial charge on any atom is 0.258 e. The topological polar surface area (TPSA) is 47.0 Å². The Labute approximate surface area is 148 Å². The zero-order valence-electron chi connectivity index (χ0n) is 14.2. The number of aryl methyl sites for hydroxylation is 2. The molecule has 0 saturated heterocycles. The summed E-state index contributed by atoms with van der Waals surface area (Å²) in [4.78, 5) is 5.23. The Morgan fingerprint density at radius 2 is 1.96 bits per heavy atom. The number of nitrogens with zero attached hydrogens (tertiary/aromatic N) is 5. The van der Waals surface area contributed by atoms with E-state index in [-0.39, 0.29) is 0 Å². The van der Waals surface area contributed by atoms with E-state index in [9.17, 15) is 0 Å². The smallest absolute Gasteiger partial charge is 0.206 e. The fraction of sp³-hybridized carbons (Fsp3) is 0.158. The molecule has 0 amide bonds. The third-order valence-corrected chi connectivity index (χ3v) is 6.02. The van der Waals surface area contributed by atoms with Gasteiger partial charge in [-0.3, -0.25) is 0 Å². The summed E-state index contributed by atoms with van der Waals surface area (Å²) < 4.78 is 4.97. The number of aromatic nitrogens is 5. The normalized spacial score (nSPS) is 11.8. The lowest BCUT2D eigenvalue weighted by molar-refractivity contribution is -0.719. The number of benzene rings is 2. The highest BCUT2D eigenvalue weighted by atomic mass is 32.1. The highest BCUT2D eigenvalue weighted by Gasteiger charge is 2.24. The number of hydrogen-bond donors (Lipinski definition) is 0. The van der Waals surface area contributed by atoms with E-state index in [1.54, 1.807) is 17.7 Å². The molecule has 0 radical (unpaired) electrons. The van der Waals surface area contributed by atoms with Gasteiger partial charge in [0.05, 0.1) is 5.56 Å². The van der Waals surface area contributed by atoms with Gasteiger partial charge in [0, 0.05) is 0 Å². The lowest BCUT2D eigenvalue weighted by Crippen LogP contribution is -2.35. The molecule has 0 fully saturated rings. The fourth-order valence-electron chi connectivity index (χ4n) is 3.51. The van der Waals surface area contributed by atoms with Crippen molar-refractivity contribution in [3.8, 4) is 11.3 Å². The van der Waals surface area contributed by atoms with Gasteiger partial charge >= 0.3 is 0 Å². The van der Waals surface area contributed by atoms with Gasteiger partial charge in [0.25, 0.3) is 5.69 Å². The van der Waals surface area contributed by atoms with Gasteiger partial charge in [-0.25, -0.2) is 9.50 Å². The molecule has 122 valence electrons. The molecule has 0 saturated carbocycles. The van der Waals surface area contributed by atoms with E-state index in [1.165, 1.54) is 27.5 Å². The van der Waals surface area contributed by atoms with E-state index in [1.807, 2.05) is 22.4 Å². The zero-order chi connectivity index (χ0) is 17.1. The monoisotopic (exact) mass is 346 g/mol. The summed E-state index contributed by atoms with van der Waals surface area (Å²) in [5, 5.41) is 11.4. The van der Waals surface area contributed by atoms with Crippen molar-refractivity contribution in [1.82, 2.24) is 19.7 Å². The second-order valence-electron chi connectivity index (χ2n) is 6.28. The largest absolute Gasteiger partial charge is 0.258 e. The Kier molecular flexibility index (Phi) is 2.93. The first kappa shape index (κ1) is 14.5. The molecule has 2 aromatic carbocycles. The van der Waals surface area contributed by atoms with Gasteiger partial charge in [0.1, 0.15) is 22.7 Å². The van der Waals surface area contributed by atoms with Crippen LogP contribution in [0.1, 0.15) is 11.1 Å². The molecule has 5 nitrogen and oxygen atoms in total. The van der Waals surface area contributed by atoms with E-state index in [0.29, 0.717) is 0 Å². The first-order valence-electron chi connectivity index (χ1n) is 8.12. The summed E-state index contributed by atoms with van der Waals surface area (Å²) in [6, 6.07) is 10.8. The van der Waals surface area contributed by atoms with Crippen molar-refractivity contribution < 1.29 is 4.68 Å². The van der Waals surface area contributed by atoms with Gasteiger partial charge in [-0.05, 0) is 46.9 Å². The molecule has 25 heavy (non-hydrogen) atoms.